The van der Waals surface area contributed by atoms with Gasteiger partial charge in [-0.05, 0) is 37.6 Å². The van der Waals surface area contributed by atoms with Crippen molar-refractivity contribution in [3.8, 4) is 0 Å². The number of aryl methyl sites for hydroxylation is 2. The molecule has 3 heteroatoms. The van der Waals surface area contributed by atoms with Crippen LogP contribution in [0.15, 0.2) is 42.6 Å². The van der Waals surface area contributed by atoms with Crippen LogP contribution in [0.3, 0.4) is 0 Å². The van der Waals surface area contributed by atoms with E-state index in [-0.39, 0.29) is 0 Å². The van der Waals surface area contributed by atoms with Gasteiger partial charge in [-0.2, -0.15) is 0 Å². The maximum atomic E-state index is 4.57. The first-order valence-electron chi connectivity index (χ1n) is 6.08. The van der Waals surface area contributed by atoms with Gasteiger partial charge < -0.3 is 4.57 Å². The molecule has 1 aromatic carbocycles. The van der Waals surface area contributed by atoms with Crippen LogP contribution in [0, 0.1) is 13.8 Å². The molecule has 0 amide bonds. The monoisotopic (exact) mass is 237 g/mol. The molecular weight excluding hydrogens is 222 g/mol. The minimum absolute atomic E-state index is 0.777. The summed E-state index contributed by atoms with van der Waals surface area (Å²) in [7, 11) is 0. The summed E-state index contributed by atoms with van der Waals surface area (Å²) >= 11 is 0. The molecule has 0 saturated heterocycles. The molecular formula is C15H15N3. The number of hydrogen-bond acceptors (Lipinski definition) is 2. The molecule has 0 aliphatic rings. The van der Waals surface area contributed by atoms with E-state index in [1.165, 1.54) is 11.1 Å². The fourth-order valence-corrected chi connectivity index (χ4v) is 2.23. The lowest BCUT2D eigenvalue weighted by molar-refractivity contribution is 0.758. The van der Waals surface area contributed by atoms with Gasteiger partial charge in [0.05, 0.1) is 23.3 Å². The van der Waals surface area contributed by atoms with Gasteiger partial charge in [0, 0.05) is 6.20 Å². The highest BCUT2D eigenvalue weighted by Gasteiger charge is 2.08. The second-order valence-electron chi connectivity index (χ2n) is 4.50. The normalized spacial score (nSPS) is 11.0. The summed E-state index contributed by atoms with van der Waals surface area (Å²) < 4.78 is 2.21. The summed E-state index contributed by atoms with van der Waals surface area (Å²) in [4.78, 5) is 9.03. The van der Waals surface area contributed by atoms with Crippen LogP contribution in [0.1, 0.15) is 17.1 Å². The van der Waals surface area contributed by atoms with Crippen molar-refractivity contribution in [1.29, 1.82) is 0 Å². The SMILES string of the molecule is Cc1cccnc1Cn1c(C)nc2ccccc21. The van der Waals surface area contributed by atoms with Crippen molar-refractivity contribution in [2.45, 2.75) is 20.4 Å². The van der Waals surface area contributed by atoms with Crippen molar-refractivity contribution in [3.63, 3.8) is 0 Å². The van der Waals surface area contributed by atoms with Crippen molar-refractivity contribution >= 4 is 11.0 Å². The lowest BCUT2D eigenvalue weighted by Gasteiger charge is -2.08. The fraction of sp³-hybridized carbons (Fsp3) is 0.200. The third-order valence-electron chi connectivity index (χ3n) is 3.27. The van der Waals surface area contributed by atoms with Crippen LogP contribution in [-0.2, 0) is 6.54 Å². The third kappa shape index (κ3) is 1.78. The van der Waals surface area contributed by atoms with Crippen LogP contribution < -0.4 is 0 Å². The number of benzene rings is 1. The molecule has 0 spiro atoms. The molecule has 0 unspecified atom stereocenters. The van der Waals surface area contributed by atoms with E-state index in [9.17, 15) is 0 Å². The Hall–Kier alpha value is -2.16. The Morgan fingerprint density at radius 2 is 1.89 bits per heavy atom. The van der Waals surface area contributed by atoms with Crippen molar-refractivity contribution in [2.75, 3.05) is 0 Å². The molecule has 0 radical (unpaired) electrons. The molecule has 3 rings (SSSR count). The number of pyridine rings is 1. The highest BCUT2D eigenvalue weighted by molar-refractivity contribution is 5.75. The van der Waals surface area contributed by atoms with E-state index in [2.05, 4.69) is 33.6 Å². The lowest BCUT2D eigenvalue weighted by atomic mass is 10.2. The van der Waals surface area contributed by atoms with Gasteiger partial charge in [0.15, 0.2) is 0 Å². The first-order valence-corrected chi connectivity index (χ1v) is 6.08. The highest BCUT2D eigenvalue weighted by atomic mass is 15.1. The van der Waals surface area contributed by atoms with Crippen molar-refractivity contribution in [3.05, 3.63) is 59.7 Å². The predicted octanol–water partition coefficient (Wildman–Crippen LogP) is 3.10. The van der Waals surface area contributed by atoms with E-state index >= 15 is 0 Å². The number of aromatic nitrogens is 3. The zero-order chi connectivity index (χ0) is 12.5. The Morgan fingerprint density at radius 1 is 1.06 bits per heavy atom. The van der Waals surface area contributed by atoms with Crippen LogP contribution in [0.4, 0.5) is 0 Å². The van der Waals surface area contributed by atoms with Crippen molar-refractivity contribution in [1.82, 2.24) is 14.5 Å². The molecule has 90 valence electrons. The maximum absolute atomic E-state index is 4.57. The van der Waals surface area contributed by atoms with Gasteiger partial charge in [0.1, 0.15) is 5.82 Å². The number of para-hydroxylation sites is 2. The number of fused-ring (bicyclic) bond motifs is 1. The standard InChI is InChI=1S/C15H15N3/c1-11-6-5-9-16-14(11)10-18-12(2)17-13-7-3-4-8-15(13)18/h3-9H,10H2,1-2H3. The molecule has 0 atom stereocenters. The van der Waals surface area contributed by atoms with Gasteiger partial charge >= 0.3 is 0 Å². The topological polar surface area (TPSA) is 30.7 Å². The summed E-state index contributed by atoms with van der Waals surface area (Å²) in [5.41, 5.74) is 4.53. The molecule has 0 aliphatic carbocycles. The Morgan fingerprint density at radius 3 is 2.72 bits per heavy atom. The second kappa shape index (κ2) is 4.26. The van der Waals surface area contributed by atoms with Gasteiger partial charge in [-0.15, -0.1) is 0 Å². The number of rotatable bonds is 2. The summed E-state index contributed by atoms with van der Waals surface area (Å²) in [5.74, 6) is 1.03. The number of imidazole rings is 1. The van der Waals surface area contributed by atoms with E-state index in [4.69, 9.17) is 0 Å². The van der Waals surface area contributed by atoms with Crippen LogP contribution in [-0.4, -0.2) is 14.5 Å². The Labute approximate surface area is 106 Å². The first-order chi connectivity index (χ1) is 8.75. The van der Waals surface area contributed by atoms with Crippen LogP contribution in [0.2, 0.25) is 0 Å². The quantitative estimate of drug-likeness (QED) is 0.685. The van der Waals surface area contributed by atoms with Crippen LogP contribution in [0.25, 0.3) is 11.0 Å². The number of hydrogen-bond donors (Lipinski definition) is 0. The summed E-state index contributed by atoms with van der Waals surface area (Å²) in [6, 6.07) is 12.3. The average Bonchev–Trinajstić information content (AvgIpc) is 2.69. The molecule has 0 aliphatic heterocycles. The van der Waals surface area contributed by atoms with Gasteiger partial charge in [-0.3, -0.25) is 4.98 Å². The van der Waals surface area contributed by atoms with E-state index in [0.717, 1.165) is 23.6 Å². The number of nitrogens with zero attached hydrogens (tertiary/aromatic N) is 3. The van der Waals surface area contributed by atoms with Gasteiger partial charge in [-0.1, -0.05) is 18.2 Å². The molecule has 18 heavy (non-hydrogen) atoms. The molecule has 0 N–H and O–H groups in total. The van der Waals surface area contributed by atoms with Gasteiger partial charge in [-0.25, -0.2) is 4.98 Å². The summed E-state index contributed by atoms with van der Waals surface area (Å²) in [5, 5.41) is 0. The second-order valence-corrected chi connectivity index (χ2v) is 4.50. The third-order valence-corrected chi connectivity index (χ3v) is 3.27. The Balaban J connectivity index is 2.10. The minimum atomic E-state index is 0.777. The first kappa shape index (κ1) is 11.0. The molecule has 0 fully saturated rings. The minimum Gasteiger partial charge on any atom is -0.322 e. The summed E-state index contributed by atoms with van der Waals surface area (Å²) in [6.45, 7) is 4.91. The maximum Gasteiger partial charge on any atom is 0.107 e. The molecule has 3 aromatic rings. The molecule has 0 saturated carbocycles. The molecule has 2 aromatic heterocycles. The van der Waals surface area contributed by atoms with Crippen LogP contribution in [0.5, 0.6) is 0 Å². The smallest absolute Gasteiger partial charge is 0.107 e. The largest absolute Gasteiger partial charge is 0.322 e. The van der Waals surface area contributed by atoms with Crippen LogP contribution >= 0.6 is 0 Å². The summed E-state index contributed by atoms with van der Waals surface area (Å²) in [6.07, 6.45) is 1.84. The predicted molar refractivity (Wildman–Crippen MR) is 72.5 cm³/mol. The fourth-order valence-electron chi connectivity index (χ4n) is 2.23. The van der Waals surface area contributed by atoms with E-state index in [0.29, 0.717) is 0 Å². The average molecular weight is 237 g/mol. The van der Waals surface area contributed by atoms with E-state index in [1.54, 1.807) is 0 Å². The Kier molecular flexibility index (Phi) is 2.59. The van der Waals surface area contributed by atoms with E-state index in [1.807, 2.05) is 37.4 Å². The molecule has 0 bridgehead atoms. The van der Waals surface area contributed by atoms with Crippen molar-refractivity contribution in [2.24, 2.45) is 0 Å². The zero-order valence-electron chi connectivity index (χ0n) is 10.6. The molecule has 3 nitrogen and oxygen atoms in total. The Bertz CT molecular complexity index is 698. The van der Waals surface area contributed by atoms with E-state index < -0.39 is 0 Å². The van der Waals surface area contributed by atoms with Gasteiger partial charge in [0.25, 0.3) is 0 Å². The molecule has 2 heterocycles. The van der Waals surface area contributed by atoms with Crippen molar-refractivity contribution < 1.29 is 0 Å². The van der Waals surface area contributed by atoms with Gasteiger partial charge in [0.2, 0.25) is 0 Å². The highest BCUT2D eigenvalue weighted by Crippen LogP contribution is 2.17. The zero-order valence-corrected chi connectivity index (χ0v) is 10.6. The lowest BCUT2D eigenvalue weighted by Crippen LogP contribution is -2.05.